The van der Waals surface area contributed by atoms with Gasteiger partial charge in [-0.25, -0.2) is 4.98 Å². The Labute approximate surface area is 107 Å². The second-order valence-electron chi connectivity index (χ2n) is 4.34. The molecule has 1 aromatic heterocycles. The smallest absolute Gasteiger partial charge is 0.107 e. The Morgan fingerprint density at radius 1 is 1.50 bits per heavy atom. The molecule has 16 heavy (non-hydrogen) atoms. The lowest BCUT2D eigenvalue weighted by Gasteiger charge is -2.30. The number of piperidine rings is 1. The molecule has 1 fully saturated rings. The SMILES string of the molecule is Cc1csc(CN2CCC(CN)CC2)n1.Cl. The number of thiazole rings is 1. The summed E-state index contributed by atoms with van der Waals surface area (Å²) in [6.45, 7) is 6.29. The Morgan fingerprint density at radius 3 is 2.69 bits per heavy atom. The Morgan fingerprint density at radius 2 is 2.19 bits per heavy atom. The van der Waals surface area contributed by atoms with Crippen molar-refractivity contribution >= 4 is 23.7 Å². The highest BCUT2D eigenvalue weighted by atomic mass is 35.5. The maximum Gasteiger partial charge on any atom is 0.107 e. The van der Waals surface area contributed by atoms with Gasteiger partial charge in [-0.3, -0.25) is 4.90 Å². The van der Waals surface area contributed by atoms with E-state index in [0.29, 0.717) is 0 Å². The summed E-state index contributed by atoms with van der Waals surface area (Å²) >= 11 is 1.77. The summed E-state index contributed by atoms with van der Waals surface area (Å²) in [6, 6.07) is 0. The maximum atomic E-state index is 5.68. The third kappa shape index (κ3) is 3.70. The summed E-state index contributed by atoms with van der Waals surface area (Å²) in [4.78, 5) is 6.99. The molecule has 2 N–H and O–H groups in total. The lowest BCUT2D eigenvalue weighted by atomic mass is 9.97. The molecule has 1 saturated heterocycles. The van der Waals surface area contributed by atoms with Gasteiger partial charge in [0.05, 0.1) is 6.54 Å². The average molecular weight is 262 g/mol. The first kappa shape index (κ1) is 13.9. The zero-order chi connectivity index (χ0) is 10.7. The number of aromatic nitrogens is 1. The molecule has 0 spiro atoms. The van der Waals surface area contributed by atoms with Crippen molar-refractivity contribution in [3.63, 3.8) is 0 Å². The van der Waals surface area contributed by atoms with Crippen LogP contribution in [0.1, 0.15) is 23.5 Å². The van der Waals surface area contributed by atoms with Crippen LogP contribution in [0.25, 0.3) is 0 Å². The predicted molar refractivity (Wildman–Crippen MR) is 71.2 cm³/mol. The summed E-state index contributed by atoms with van der Waals surface area (Å²) in [5.74, 6) is 0.749. The number of nitrogens with two attached hydrogens (primary N) is 1. The lowest BCUT2D eigenvalue weighted by molar-refractivity contribution is 0.180. The Balaban J connectivity index is 0.00000128. The van der Waals surface area contributed by atoms with Crippen LogP contribution < -0.4 is 5.73 Å². The Kier molecular flexibility index (Phi) is 5.69. The number of hydrogen-bond donors (Lipinski definition) is 1. The van der Waals surface area contributed by atoms with Crippen molar-refractivity contribution in [2.24, 2.45) is 11.7 Å². The van der Waals surface area contributed by atoms with E-state index in [2.05, 4.69) is 22.2 Å². The molecule has 0 amide bonds. The van der Waals surface area contributed by atoms with Gasteiger partial charge >= 0.3 is 0 Å². The molecule has 0 aliphatic carbocycles. The van der Waals surface area contributed by atoms with Crippen LogP contribution in [-0.4, -0.2) is 29.5 Å². The number of halogens is 1. The normalized spacial score (nSPS) is 18.4. The maximum absolute atomic E-state index is 5.68. The molecule has 1 aliphatic heterocycles. The van der Waals surface area contributed by atoms with E-state index in [0.717, 1.165) is 24.7 Å². The third-order valence-electron chi connectivity index (χ3n) is 3.07. The molecule has 1 aromatic rings. The van der Waals surface area contributed by atoms with E-state index in [-0.39, 0.29) is 12.4 Å². The highest BCUT2D eigenvalue weighted by Crippen LogP contribution is 2.19. The second kappa shape index (κ2) is 6.55. The number of rotatable bonds is 3. The molecule has 92 valence electrons. The molecule has 0 bridgehead atoms. The lowest BCUT2D eigenvalue weighted by Crippen LogP contribution is -2.35. The van der Waals surface area contributed by atoms with E-state index in [1.165, 1.54) is 30.9 Å². The topological polar surface area (TPSA) is 42.1 Å². The molecule has 3 nitrogen and oxygen atoms in total. The van der Waals surface area contributed by atoms with Crippen molar-refractivity contribution in [2.45, 2.75) is 26.3 Å². The average Bonchev–Trinajstić information content (AvgIpc) is 2.65. The van der Waals surface area contributed by atoms with Crippen molar-refractivity contribution in [3.05, 3.63) is 16.1 Å². The van der Waals surface area contributed by atoms with Gasteiger partial charge in [0, 0.05) is 11.1 Å². The first-order valence-corrected chi connectivity index (χ1v) is 6.49. The van der Waals surface area contributed by atoms with Crippen LogP contribution in [0.2, 0.25) is 0 Å². The fraction of sp³-hybridized carbons (Fsp3) is 0.727. The minimum absolute atomic E-state index is 0. The van der Waals surface area contributed by atoms with Crippen LogP contribution in [-0.2, 0) is 6.54 Å². The van der Waals surface area contributed by atoms with Crippen LogP contribution in [0.15, 0.2) is 5.38 Å². The first-order valence-electron chi connectivity index (χ1n) is 5.61. The number of hydrogen-bond acceptors (Lipinski definition) is 4. The fourth-order valence-electron chi connectivity index (χ4n) is 2.05. The van der Waals surface area contributed by atoms with Crippen LogP contribution >= 0.6 is 23.7 Å². The van der Waals surface area contributed by atoms with Gasteiger partial charge in [0.2, 0.25) is 0 Å². The van der Waals surface area contributed by atoms with E-state index >= 15 is 0 Å². The van der Waals surface area contributed by atoms with Crippen molar-refractivity contribution in [1.82, 2.24) is 9.88 Å². The van der Waals surface area contributed by atoms with Gasteiger partial charge in [0.25, 0.3) is 0 Å². The molecule has 2 heterocycles. The highest BCUT2D eigenvalue weighted by Gasteiger charge is 2.18. The summed E-state index contributed by atoms with van der Waals surface area (Å²) < 4.78 is 0. The summed E-state index contributed by atoms with van der Waals surface area (Å²) in [5.41, 5.74) is 6.82. The predicted octanol–water partition coefficient (Wildman–Crippen LogP) is 2.04. The quantitative estimate of drug-likeness (QED) is 0.906. The van der Waals surface area contributed by atoms with Crippen LogP contribution in [0.5, 0.6) is 0 Å². The zero-order valence-electron chi connectivity index (χ0n) is 9.69. The van der Waals surface area contributed by atoms with Crippen LogP contribution in [0.3, 0.4) is 0 Å². The van der Waals surface area contributed by atoms with Gasteiger partial charge in [-0.15, -0.1) is 23.7 Å². The van der Waals surface area contributed by atoms with E-state index in [1.54, 1.807) is 11.3 Å². The largest absolute Gasteiger partial charge is 0.330 e. The minimum atomic E-state index is 0. The summed E-state index contributed by atoms with van der Waals surface area (Å²) in [7, 11) is 0. The monoisotopic (exact) mass is 261 g/mol. The number of nitrogens with zero attached hydrogens (tertiary/aromatic N) is 2. The van der Waals surface area contributed by atoms with Crippen LogP contribution in [0, 0.1) is 12.8 Å². The fourth-order valence-corrected chi connectivity index (χ4v) is 2.86. The van der Waals surface area contributed by atoms with Gasteiger partial charge in [0.1, 0.15) is 5.01 Å². The van der Waals surface area contributed by atoms with Crippen molar-refractivity contribution in [1.29, 1.82) is 0 Å². The molecule has 5 heteroatoms. The third-order valence-corrected chi connectivity index (χ3v) is 4.02. The molecule has 0 unspecified atom stereocenters. The standard InChI is InChI=1S/C11H19N3S.ClH/c1-9-8-15-11(13-9)7-14-4-2-10(6-12)3-5-14;/h8,10H,2-7,12H2,1H3;1H. The second-order valence-corrected chi connectivity index (χ2v) is 5.28. The van der Waals surface area contributed by atoms with Gasteiger partial charge in [-0.2, -0.15) is 0 Å². The minimum Gasteiger partial charge on any atom is -0.330 e. The Hall–Kier alpha value is -0.160. The molecule has 0 radical (unpaired) electrons. The molecular weight excluding hydrogens is 242 g/mol. The molecule has 1 aliphatic rings. The Bertz CT molecular complexity index is 308. The van der Waals surface area contributed by atoms with Gasteiger partial charge in [0.15, 0.2) is 0 Å². The summed E-state index contributed by atoms with van der Waals surface area (Å²) in [6.07, 6.45) is 2.50. The first-order chi connectivity index (χ1) is 7.28. The van der Waals surface area contributed by atoms with E-state index in [4.69, 9.17) is 5.73 Å². The highest BCUT2D eigenvalue weighted by molar-refractivity contribution is 7.09. The number of aryl methyl sites for hydroxylation is 1. The van der Waals surface area contributed by atoms with Gasteiger partial charge < -0.3 is 5.73 Å². The molecule has 0 saturated carbocycles. The van der Waals surface area contributed by atoms with E-state index in [9.17, 15) is 0 Å². The van der Waals surface area contributed by atoms with E-state index in [1.807, 2.05) is 0 Å². The van der Waals surface area contributed by atoms with E-state index < -0.39 is 0 Å². The molecular formula is C11H20ClN3S. The molecule has 0 aromatic carbocycles. The van der Waals surface area contributed by atoms with Crippen molar-refractivity contribution in [3.8, 4) is 0 Å². The molecule has 2 rings (SSSR count). The van der Waals surface area contributed by atoms with Crippen LogP contribution in [0.4, 0.5) is 0 Å². The van der Waals surface area contributed by atoms with Crippen molar-refractivity contribution in [2.75, 3.05) is 19.6 Å². The van der Waals surface area contributed by atoms with Crippen molar-refractivity contribution < 1.29 is 0 Å². The molecule has 0 atom stereocenters. The summed E-state index contributed by atoms with van der Waals surface area (Å²) in [5, 5.41) is 3.38. The van der Waals surface area contributed by atoms with Gasteiger partial charge in [-0.1, -0.05) is 0 Å². The van der Waals surface area contributed by atoms with Gasteiger partial charge in [-0.05, 0) is 45.3 Å². The zero-order valence-corrected chi connectivity index (χ0v) is 11.3. The number of likely N-dealkylation sites (tertiary alicyclic amines) is 1.